The Kier molecular flexibility index (Phi) is 2.54. The number of piperidine rings is 1. The van der Waals surface area contributed by atoms with Crippen LogP contribution in [-0.4, -0.2) is 30.6 Å². The van der Waals surface area contributed by atoms with Gasteiger partial charge in [0.25, 0.3) is 0 Å². The fraction of sp³-hybridized carbons (Fsp3) is 0.500. The molecule has 0 spiro atoms. The first kappa shape index (κ1) is 9.27. The highest BCUT2D eigenvalue weighted by Gasteiger charge is 2.19. The number of anilines is 1. The molecule has 1 aliphatic rings. The molecule has 0 amide bonds. The third kappa shape index (κ3) is 1.80. The monoisotopic (exact) mass is 195 g/mol. The lowest BCUT2D eigenvalue weighted by molar-refractivity contribution is 0.110. The second-order valence-corrected chi connectivity index (χ2v) is 3.54. The first-order valence-electron chi connectivity index (χ1n) is 4.77. The summed E-state index contributed by atoms with van der Waals surface area (Å²) in [6.07, 6.45) is 2.20. The topological polar surface area (TPSA) is 53.7 Å². The van der Waals surface area contributed by atoms with E-state index >= 15 is 0 Å². The molecule has 1 atom stereocenters. The van der Waals surface area contributed by atoms with Gasteiger partial charge in [0.2, 0.25) is 0 Å². The molecule has 14 heavy (non-hydrogen) atoms. The molecule has 0 saturated carbocycles. The molecule has 1 aromatic heterocycles. The van der Waals surface area contributed by atoms with Crippen LogP contribution >= 0.6 is 0 Å². The molecule has 0 radical (unpaired) electrons. The van der Waals surface area contributed by atoms with Crippen LogP contribution in [0.4, 0.5) is 5.88 Å². The van der Waals surface area contributed by atoms with Crippen molar-refractivity contribution in [3.63, 3.8) is 0 Å². The second kappa shape index (κ2) is 3.84. The molecule has 1 saturated heterocycles. The number of hydrogen-bond acceptors (Lipinski definition) is 4. The lowest BCUT2D eigenvalue weighted by Crippen LogP contribution is -2.37. The van der Waals surface area contributed by atoms with Crippen molar-refractivity contribution in [2.24, 2.45) is 0 Å². The number of rotatable bonds is 2. The van der Waals surface area contributed by atoms with Crippen molar-refractivity contribution in [3.8, 4) is 0 Å². The molecule has 1 unspecified atom stereocenters. The van der Waals surface area contributed by atoms with Crippen molar-refractivity contribution in [2.75, 3.05) is 18.0 Å². The van der Waals surface area contributed by atoms with Crippen LogP contribution in [0.1, 0.15) is 23.4 Å². The number of hydrogen-bond donors (Lipinski definition) is 1. The SMILES string of the molecule is O=Cc1ccc(N2CCCC(O)C2)o1. The average molecular weight is 195 g/mol. The van der Waals surface area contributed by atoms with Gasteiger partial charge in [0, 0.05) is 19.2 Å². The first-order chi connectivity index (χ1) is 6.79. The quantitative estimate of drug-likeness (QED) is 0.717. The lowest BCUT2D eigenvalue weighted by atomic mass is 10.1. The summed E-state index contributed by atoms with van der Waals surface area (Å²) in [5.74, 6) is 1.01. The van der Waals surface area contributed by atoms with E-state index in [1.54, 1.807) is 12.1 Å². The Morgan fingerprint density at radius 2 is 2.43 bits per heavy atom. The number of nitrogens with zero attached hydrogens (tertiary/aromatic N) is 1. The van der Waals surface area contributed by atoms with Crippen molar-refractivity contribution < 1.29 is 14.3 Å². The minimum atomic E-state index is -0.284. The zero-order chi connectivity index (χ0) is 9.97. The fourth-order valence-corrected chi connectivity index (χ4v) is 1.73. The number of β-amino-alcohol motifs (C(OH)–C–C–N with tert-alkyl or cyclic N) is 1. The Balaban J connectivity index is 2.09. The molecule has 0 aromatic carbocycles. The Morgan fingerprint density at radius 1 is 1.57 bits per heavy atom. The Morgan fingerprint density at radius 3 is 3.07 bits per heavy atom. The molecule has 4 nitrogen and oxygen atoms in total. The zero-order valence-electron chi connectivity index (χ0n) is 7.85. The minimum Gasteiger partial charge on any atom is -0.438 e. The van der Waals surface area contributed by atoms with E-state index in [0.29, 0.717) is 24.5 Å². The van der Waals surface area contributed by atoms with Crippen LogP contribution in [0, 0.1) is 0 Å². The van der Waals surface area contributed by atoms with Crippen LogP contribution in [0.25, 0.3) is 0 Å². The fourth-order valence-electron chi connectivity index (χ4n) is 1.73. The van der Waals surface area contributed by atoms with Gasteiger partial charge in [-0.25, -0.2) is 0 Å². The number of furan rings is 1. The van der Waals surface area contributed by atoms with Crippen LogP contribution in [0.5, 0.6) is 0 Å². The maximum absolute atomic E-state index is 10.4. The van der Waals surface area contributed by atoms with Gasteiger partial charge in [-0.2, -0.15) is 0 Å². The van der Waals surface area contributed by atoms with Gasteiger partial charge in [-0.1, -0.05) is 0 Å². The van der Waals surface area contributed by atoms with Crippen LogP contribution in [0.2, 0.25) is 0 Å². The first-order valence-corrected chi connectivity index (χ1v) is 4.77. The summed E-state index contributed by atoms with van der Waals surface area (Å²) in [4.78, 5) is 12.4. The van der Waals surface area contributed by atoms with E-state index in [4.69, 9.17) is 4.42 Å². The summed E-state index contributed by atoms with van der Waals surface area (Å²) < 4.78 is 5.27. The van der Waals surface area contributed by atoms with Crippen molar-refractivity contribution in [1.82, 2.24) is 0 Å². The van der Waals surface area contributed by atoms with Gasteiger partial charge in [-0.3, -0.25) is 4.79 Å². The Bertz CT molecular complexity index is 321. The normalized spacial score (nSPS) is 22.4. The highest BCUT2D eigenvalue weighted by molar-refractivity contribution is 5.71. The number of aldehydes is 1. The maximum Gasteiger partial charge on any atom is 0.196 e. The van der Waals surface area contributed by atoms with Gasteiger partial charge >= 0.3 is 0 Å². The molecule has 1 N–H and O–H groups in total. The highest BCUT2D eigenvalue weighted by atomic mass is 16.4. The molecule has 1 aliphatic heterocycles. The summed E-state index contributed by atoms with van der Waals surface area (Å²) in [6.45, 7) is 1.47. The minimum absolute atomic E-state index is 0.284. The number of aliphatic hydroxyl groups excluding tert-OH is 1. The average Bonchev–Trinajstić information content (AvgIpc) is 2.66. The predicted octanol–water partition coefficient (Wildman–Crippen LogP) is 1.05. The van der Waals surface area contributed by atoms with E-state index in [0.717, 1.165) is 19.4 Å². The van der Waals surface area contributed by atoms with E-state index in [9.17, 15) is 9.90 Å². The molecule has 2 rings (SSSR count). The summed E-state index contributed by atoms with van der Waals surface area (Å²) >= 11 is 0. The summed E-state index contributed by atoms with van der Waals surface area (Å²) in [6, 6.07) is 3.41. The number of carbonyl (C=O) groups excluding carboxylic acids is 1. The van der Waals surface area contributed by atoms with Crippen LogP contribution in [0.3, 0.4) is 0 Å². The van der Waals surface area contributed by atoms with Gasteiger partial charge in [0.1, 0.15) is 0 Å². The summed E-state index contributed by atoms with van der Waals surface area (Å²) in [7, 11) is 0. The third-order valence-corrected chi connectivity index (χ3v) is 2.44. The van der Waals surface area contributed by atoms with E-state index in [1.165, 1.54) is 0 Å². The highest BCUT2D eigenvalue weighted by Crippen LogP contribution is 2.21. The molecular formula is C10H13NO3. The largest absolute Gasteiger partial charge is 0.438 e. The van der Waals surface area contributed by atoms with Gasteiger partial charge in [-0.15, -0.1) is 0 Å². The van der Waals surface area contributed by atoms with E-state index in [2.05, 4.69) is 0 Å². The van der Waals surface area contributed by atoms with Crippen molar-refractivity contribution >= 4 is 12.2 Å². The Hall–Kier alpha value is -1.29. The smallest absolute Gasteiger partial charge is 0.196 e. The van der Waals surface area contributed by atoms with Gasteiger partial charge in [0.05, 0.1) is 6.10 Å². The van der Waals surface area contributed by atoms with Gasteiger partial charge < -0.3 is 14.4 Å². The molecule has 1 fully saturated rings. The molecular weight excluding hydrogens is 182 g/mol. The standard InChI is InChI=1S/C10H13NO3/c12-7-9-3-4-10(14-9)11-5-1-2-8(13)6-11/h3-4,7-8,13H,1-2,5-6H2. The van der Waals surface area contributed by atoms with Crippen LogP contribution in [-0.2, 0) is 0 Å². The Labute approximate surface area is 82.1 Å². The molecule has 0 bridgehead atoms. The maximum atomic E-state index is 10.4. The van der Waals surface area contributed by atoms with Gasteiger partial charge in [-0.05, 0) is 18.9 Å². The summed E-state index contributed by atoms with van der Waals surface area (Å²) in [5, 5.41) is 9.45. The van der Waals surface area contributed by atoms with Crippen molar-refractivity contribution in [3.05, 3.63) is 17.9 Å². The van der Waals surface area contributed by atoms with Crippen LogP contribution in [0.15, 0.2) is 16.5 Å². The third-order valence-electron chi connectivity index (χ3n) is 2.44. The van der Waals surface area contributed by atoms with Crippen molar-refractivity contribution in [2.45, 2.75) is 18.9 Å². The van der Waals surface area contributed by atoms with Crippen LogP contribution < -0.4 is 4.90 Å². The molecule has 76 valence electrons. The van der Waals surface area contributed by atoms with Gasteiger partial charge in [0.15, 0.2) is 17.9 Å². The second-order valence-electron chi connectivity index (χ2n) is 3.54. The number of carbonyl (C=O) groups is 1. The van der Waals surface area contributed by atoms with E-state index in [-0.39, 0.29) is 6.10 Å². The van der Waals surface area contributed by atoms with E-state index in [1.807, 2.05) is 4.90 Å². The molecule has 4 heteroatoms. The van der Waals surface area contributed by atoms with E-state index < -0.39 is 0 Å². The zero-order valence-corrected chi connectivity index (χ0v) is 7.85. The molecule has 2 heterocycles. The molecule has 0 aliphatic carbocycles. The summed E-state index contributed by atoms with van der Waals surface area (Å²) in [5.41, 5.74) is 0. The predicted molar refractivity (Wildman–Crippen MR) is 51.5 cm³/mol. The lowest BCUT2D eigenvalue weighted by Gasteiger charge is -2.29. The molecule has 1 aromatic rings. The number of aliphatic hydroxyl groups is 1. The van der Waals surface area contributed by atoms with Crippen molar-refractivity contribution in [1.29, 1.82) is 0 Å².